The molecule has 0 aliphatic carbocycles. The van der Waals surface area contributed by atoms with Crippen molar-refractivity contribution in [3.8, 4) is 0 Å². The van der Waals surface area contributed by atoms with Gasteiger partial charge in [0.2, 0.25) is 0 Å². The van der Waals surface area contributed by atoms with Crippen LogP contribution in [0.1, 0.15) is 32.2 Å². The Balaban J connectivity index is 0.00000256. The third-order valence-electron chi connectivity index (χ3n) is 4.84. The molecule has 3 aromatic rings. The number of rotatable bonds is 5. The molecule has 4 rings (SSSR count). The number of nitrogens with one attached hydrogen (secondary N) is 2. The van der Waals surface area contributed by atoms with E-state index in [1.54, 1.807) is 18.2 Å². The number of carbonyl (C=O) groups is 2. The van der Waals surface area contributed by atoms with Crippen LogP contribution >= 0.6 is 25.3 Å². The monoisotopic (exact) mass is 438 g/mol. The van der Waals surface area contributed by atoms with Gasteiger partial charge in [-0.25, -0.2) is 0 Å². The molecular weight excluding hydrogens is 416 g/mol. The molecule has 154 valence electrons. The van der Waals surface area contributed by atoms with Gasteiger partial charge in [-0.2, -0.15) is 13.5 Å². The molecule has 1 aliphatic rings. The summed E-state index contributed by atoms with van der Waals surface area (Å²) in [7, 11) is 0. The van der Waals surface area contributed by atoms with Crippen molar-refractivity contribution in [3.05, 3.63) is 89.5 Å². The summed E-state index contributed by atoms with van der Waals surface area (Å²) in [6.07, 6.45) is 0. The first kappa shape index (κ1) is 22.0. The number of aliphatic hydroxyl groups excluding tert-OH is 1. The van der Waals surface area contributed by atoms with Crippen LogP contribution in [0.3, 0.4) is 0 Å². The van der Waals surface area contributed by atoms with E-state index < -0.39 is 0 Å². The highest BCUT2D eigenvalue weighted by Gasteiger charge is 2.21. The van der Waals surface area contributed by atoms with Gasteiger partial charge in [0, 0.05) is 27.8 Å². The Kier molecular flexibility index (Phi) is 7.20. The first-order chi connectivity index (χ1) is 14.2. The quantitative estimate of drug-likeness (QED) is 0.562. The summed E-state index contributed by atoms with van der Waals surface area (Å²) in [5.74, 6) is -0.609. The average molecular weight is 439 g/mol. The summed E-state index contributed by atoms with van der Waals surface area (Å²) in [4.78, 5) is 26.9. The minimum absolute atomic E-state index is 0. The van der Waals surface area contributed by atoms with E-state index in [0.29, 0.717) is 23.4 Å². The van der Waals surface area contributed by atoms with Gasteiger partial charge in [-0.3, -0.25) is 9.59 Å². The molecule has 0 bridgehead atoms. The molecule has 3 N–H and O–H groups in total. The lowest BCUT2D eigenvalue weighted by Gasteiger charge is -2.16. The van der Waals surface area contributed by atoms with Crippen LogP contribution < -0.4 is 10.6 Å². The molecule has 7 heteroatoms. The van der Waals surface area contributed by atoms with Crippen molar-refractivity contribution >= 4 is 42.8 Å². The smallest absolute Gasteiger partial charge is 0.256 e. The van der Waals surface area contributed by atoms with E-state index >= 15 is 0 Å². The fourth-order valence-corrected chi connectivity index (χ4v) is 4.25. The lowest BCUT2D eigenvalue weighted by molar-refractivity contribution is 0.0946. The van der Waals surface area contributed by atoms with Crippen molar-refractivity contribution < 1.29 is 14.7 Å². The molecule has 0 saturated heterocycles. The number of amides is 2. The summed E-state index contributed by atoms with van der Waals surface area (Å²) < 4.78 is 0. The van der Waals surface area contributed by atoms with Crippen LogP contribution in [-0.4, -0.2) is 30.1 Å². The highest BCUT2D eigenvalue weighted by Crippen LogP contribution is 2.39. The van der Waals surface area contributed by atoms with Gasteiger partial charge in [0.1, 0.15) is 0 Å². The van der Waals surface area contributed by atoms with Gasteiger partial charge in [0.15, 0.2) is 0 Å². The van der Waals surface area contributed by atoms with Crippen LogP contribution in [0.5, 0.6) is 0 Å². The van der Waals surface area contributed by atoms with Gasteiger partial charge in [-0.1, -0.05) is 54.2 Å². The van der Waals surface area contributed by atoms with Crippen LogP contribution in [0.15, 0.2) is 82.6 Å². The molecule has 0 radical (unpaired) electrons. The van der Waals surface area contributed by atoms with Crippen molar-refractivity contribution in [2.45, 2.75) is 15.7 Å². The third-order valence-corrected chi connectivity index (χ3v) is 5.99. The maximum Gasteiger partial charge on any atom is 0.256 e. The van der Waals surface area contributed by atoms with Crippen molar-refractivity contribution in [1.82, 2.24) is 5.32 Å². The standard InChI is InChI=1S/C23H20N2O3S.H2S/c26-14-17(15-6-2-1-3-7-15)13-24-22(27)16-10-11-21-19(12-16)25-23(28)18-8-4-5-9-20(18)29-21;/h1-12,17,26H,13-14H2,(H,24,27)(H,25,28);1H2/t17-;/m0./s1. The minimum Gasteiger partial charge on any atom is -0.396 e. The highest BCUT2D eigenvalue weighted by atomic mass is 32.2. The number of hydrogen-bond donors (Lipinski definition) is 3. The summed E-state index contributed by atoms with van der Waals surface area (Å²) in [6, 6.07) is 22.3. The van der Waals surface area contributed by atoms with Gasteiger partial charge in [0.25, 0.3) is 11.8 Å². The third kappa shape index (κ3) is 4.70. The molecule has 0 saturated carbocycles. The van der Waals surface area contributed by atoms with Crippen LogP contribution in [0, 0.1) is 0 Å². The molecule has 0 aromatic heterocycles. The Morgan fingerprint density at radius 3 is 2.50 bits per heavy atom. The molecule has 3 aromatic carbocycles. The van der Waals surface area contributed by atoms with Crippen molar-refractivity contribution in [3.63, 3.8) is 0 Å². The predicted molar refractivity (Wildman–Crippen MR) is 124 cm³/mol. The molecule has 0 unspecified atom stereocenters. The van der Waals surface area contributed by atoms with E-state index in [-0.39, 0.29) is 37.8 Å². The van der Waals surface area contributed by atoms with Crippen molar-refractivity contribution in [1.29, 1.82) is 0 Å². The fourth-order valence-electron chi connectivity index (χ4n) is 3.24. The van der Waals surface area contributed by atoms with E-state index in [2.05, 4.69) is 10.6 Å². The molecule has 30 heavy (non-hydrogen) atoms. The zero-order chi connectivity index (χ0) is 20.2. The average Bonchev–Trinajstić information content (AvgIpc) is 2.90. The van der Waals surface area contributed by atoms with E-state index in [1.165, 1.54) is 11.8 Å². The Morgan fingerprint density at radius 2 is 1.73 bits per heavy atom. The lowest BCUT2D eigenvalue weighted by atomic mass is 10.00. The predicted octanol–water partition coefficient (Wildman–Crippen LogP) is 4.02. The molecule has 2 amide bonds. The normalized spacial score (nSPS) is 13.0. The summed E-state index contributed by atoms with van der Waals surface area (Å²) >= 11 is 1.50. The van der Waals surface area contributed by atoms with E-state index in [1.807, 2.05) is 54.6 Å². The number of fused-ring (bicyclic) bond motifs is 2. The summed E-state index contributed by atoms with van der Waals surface area (Å²) in [5.41, 5.74) is 2.66. The molecule has 1 atom stereocenters. The Bertz CT molecular complexity index is 1060. The van der Waals surface area contributed by atoms with Crippen molar-refractivity contribution in [2.24, 2.45) is 0 Å². The Labute approximate surface area is 186 Å². The van der Waals surface area contributed by atoms with Crippen molar-refractivity contribution in [2.75, 3.05) is 18.5 Å². The second kappa shape index (κ2) is 9.84. The molecule has 0 spiro atoms. The fraction of sp³-hybridized carbons (Fsp3) is 0.130. The first-order valence-electron chi connectivity index (χ1n) is 9.32. The molecule has 1 heterocycles. The lowest BCUT2D eigenvalue weighted by Crippen LogP contribution is -2.29. The van der Waals surface area contributed by atoms with Gasteiger partial charge in [0.05, 0.1) is 17.9 Å². The number of benzene rings is 3. The highest BCUT2D eigenvalue weighted by molar-refractivity contribution is 7.99. The number of aliphatic hydroxyl groups is 1. The van der Waals surface area contributed by atoms with E-state index in [0.717, 1.165) is 15.4 Å². The van der Waals surface area contributed by atoms with Gasteiger partial charge < -0.3 is 15.7 Å². The molecular formula is C23H22N2O3S2. The minimum atomic E-state index is -0.247. The van der Waals surface area contributed by atoms with Crippen LogP contribution in [-0.2, 0) is 0 Å². The Hall–Kier alpha value is -2.74. The van der Waals surface area contributed by atoms with E-state index in [9.17, 15) is 14.7 Å². The SMILES string of the molecule is O=C(NC[C@@H](CO)c1ccccc1)c1ccc2c(c1)NC(=O)c1ccccc1S2.S. The molecule has 1 aliphatic heterocycles. The maximum atomic E-state index is 12.7. The molecule has 5 nitrogen and oxygen atoms in total. The maximum absolute atomic E-state index is 12.7. The first-order valence-corrected chi connectivity index (χ1v) is 10.1. The summed E-state index contributed by atoms with van der Waals surface area (Å²) in [5, 5.41) is 15.4. The van der Waals surface area contributed by atoms with Gasteiger partial charge >= 0.3 is 0 Å². The molecule has 0 fully saturated rings. The number of anilines is 1. The number of carbonyl (C=O) groups excluding carboxylic acids is 2. The number of hydrogen-bond acceptors (Lipinski definition) is 4. The van der Waals surface area contributed by atoms with Gasteiger partial charge in [-0.05, 0) is 35.9 Å². The van der Waals surface area contributed by atoms with Crippen LogP contribution in [0.2, 0.25) is 0 Å². The second-order valence-corrected chi connectivity index (χ2v) is 7.85. The topological polar surface area (TPSA) is 78.4 Å². The van der Waals surface area contributed by atoms with Crippen LogP contribution in [0.4, 0.5) is 5.69 Å². The Morgan fingerprint density at radius 1 is 1.00 bits per heavy atom. The van der Waals surface area contributed by atoms with Crippen LogP contribution in [0.25, 0.3) is 0 Å². The van der Waals surface area contributed by atoms with E-state index in [4.69, 9.17) is 0 Å². The summed E-state index contributed by atoms with van der Waals surface area (Å²) in [6.45, 7) is 0.266. The second-order valence-electron chi connectivity index (χ2n) is 6.76. The zero-order valence-corrected chi connectivity index (χ0v) is 17.9. The zero-order valence-electron chi connectivity index (χ0n) is 16.1. The van der Waals surface area contributed by atoms with Gasteiger partial charge in [-0.15, -0.1) is 0 Å². The largest absolute Gasteiger partial charge is 0.396 e.